The van der Waals surface area contributed by atoms with Gasteiger partial charge >= 0.3 is 11.9 Å². The molecule has 0 unspecified atom stereocenters. The van der Waals surface area contributed by atoms with Crippen LogP contribution in [0.2, 0.25) is 5.02 Å². The molecule has 0 aliphatic carbocycles. The van der Waals surface area contributed by atoms with Crippen LogP contribution in [0, 0.1) is 0 Å². The third-order valence-electron chi connectivity index (χ3n) is 2.50. The van der Waals surface area contributed by atoms with Crippen molar-refractivity contribution < 1.29 is 19.8 Å². The predicted octanol–water partition coefficient (Wildman–Crippen LogP) is 2.80. The van der Waals surface area contributed by atoms with Gasteiger partial charge in [0.25, 0.3) is 0 Å². The fourth-order valence-corrected chi connectivity index (χ4v) is 1.74. The number of aromatic nitrogens is 1. The number of aromatic carboxylic acids is 2. The summed E-state index contributed by atoms with van der Waals surface area (Å²) in [6.45, 7) is 0. The Balaban J connectivity index is 2.44. The first-order valence-electron chi connectivity index (χ1n) is 5.21. The van der Waals surface area contributed by atoms with Gasteiger partial charge in [0.1, 0.15) is 0 Å². The Hall–Kier alpha value is -2.40. The van der Waals surface area contributed by atoms with Gasteiger partial charge in [0.15, 0.2) is 0 Å². The van der Waals surface area contributed by atoms with E-state index in [1.165, 1.54) is 30.5 Å². The third kappa shape index (κ3) is 2.71. The van der Waals surface area contributed by atoms with E-state index >= 15 is 0 Å². The molecule has 2 N–H and O–H groups in total. The summed E-state index contributed by atoms with van der Waals surface area (Å²) in [4.78, 5) is 25.7. The van der Waals surface area contributed by atoms with Crippen LogP contribution < -0.4 is 0 Å². The maximum Gasteiger partial charge on any atom is 0.337 e. The third-order valence-corrected chi connectivity index (χ3v) is 2.83. The van der Waals surface area contributed by atoms with Gasteiger partial charge < -0.3 is 10.2 Å². The average molecular weight is 278 g/mol. The molecule has 0 aliphatic rings. The van der Waals surface area contributed by atoms with Crippen molar-refractivity contribution >= 4 is 23.5 Å². The highest BCUT2D eigenvalue weighted by Crippen LogP contribution is 2.24. The molecular weight excluding hydrogens is 270 g/mol. The van der Waals surface area contributed by atoms with Crippen LogP contribution >= 0.6 is 11.6 Å². The molecule has 1 heterocycles. The molecule has 5 nitrogen and oxygen atoms in total. The van der Waals surface area contributed by atoms with E-state index in [9.17, 15) is 9.59 Å². The van der Waals surface area contributed by atoms with Crippen LogP contribution in [0.1, 0.15) is 20.7 Å². The Kier molecular flexibility index (Phi) is 3.48. The molecule has 2 rings (SSSR count). The highest BCUT2D eigenvalue weighted by atomic mass is 35.5. The van der Waals surface area contributed by atoms with Crippen LogP contribution in [0.4, 0.5) is 0 Å². The summed E-state index contributed by atoms with van der Waals surface area (Å²) < 4.78 is 0. The van der Waals surface area contributed by atoms with Gasteiger partial charge in [-0.15, -0.1) is 0 Å². The smallest absolute Gasteiger partial charge is 0.337 e. The number of nitrogens with zero attached hydrogens (tertiary/aromatic N) is 1. The highest BCUT2D eigenvalue weighted by Gasteiger charge is 2.11. The van der Waals surface area contributed by atoms with E-state index in [4.69, 9.17) is 21.8 Å². The Labute approximate surface area is 113 Å². The number of carbonyl (C=O) groups is 2. The average Bonchev–Trinajstić information content (AvgIpc) is 2.39. The van der Waals surface area contributed by atoms with Gasteiger partial charge in [-0.1, -0.05) is 17.7 Å². The Bertz CT molecular complexity index is 652. The number of pyridine rings is 1. The van der Waals surface area contributed by atoms with Crippen LogP contribution in [0.3, 0.4) is 0 Å². The molecule has 19 heavy (non-hydrogen) atoms. The molecule has 0 saturated heterocycles. The van der Waals surface area contributed by atoms with Gasteiger partial charge in [0, 0.05) is 11.8 Å². The SMILES string of the molecule is O=C(O)c1ccc(-c2ccc(Cl)c(C(=O)O)c2)nc1. The highest BCUT2D eigenvalue weighted by molar-refractivity contribution is 6.33. The zero-order valence-corrected chi connectivity index (χ0v) is 10.3. The second-order valence-electron chi connectivity index (χ2n) is 3.74. The van der Waals surface area contributed by atoms with E-state index in [2.05, 4.69) is 4.98 Å². The minimum absolute atomic E-state index is 0.0247. The molecule has 6 heteroatoms. The fraction of sp³-hybridized carbons (Fsp3) is 0. The molecule has 0 spiro atoms. The van der Waals surface area contributed by atoms with Crippen molar-refractivity contribution in [2.75, 3.05) is 0 Å². The quantitative estimate of drug-likeness (QED) is 0.901. The summed E-state index contributed by atoms with van der Waals surface area (Å²) in [5.74, 6) is -2.20. The van der Waals surface area contributed by atoms with Crippen LogP contribution in [-0.4, -0.2) is 27.1 Å². The van der Waals surface area contributed by atoms with Gasteiger partial charge in [-0.25, -0.2) is 9.59 Å². The van der Waals surface area contributed by atoms with Crippen molar-refractivity contribution in [3.8, 4) is 11.3 Å². The summed E-state index contributed by atoms with van der Waals surface area (Å²) >= 11 is 5.77. The molecule has 0 bridgehead atoms. The second kappa shape index (κ2) is 5.07. The summed E-state index contributed by atoms with van der Waals surface area (Å²) in [6, 6.07) is 7.40. The molecule has 0 atom stereocenters. The van der Waals surface area contributed by atoms with Crippen LogP contribution in [-0.2, 0) is 0 Å². The lowest BCUT2D eigenvalue weighted by molar-refractivity contribution is 0.0686. The number of hydrogen-bond acceptors (Lipinski definition) is 3. The molecule has 2 aromatic rings. The van der Waals surface area contributed by atoms with Crippen LogP contribution in [0.15, 0.2) is 36.5 Å². The molecule has 0 saturated carbocycles. The van der Waals surface area contributed by atoms with Gasteiger partial charge in [0.05, 0.1) is 21.8 Å². The summed E-state index contributed by atoms with van der Waals surface area (Å²) in [7, 11) is 0. The molecular formula is C13H8ClNO4. The van der Waals surface area contributed by atoms with E-state index in [0.29, 0.717) is 11.3 Å². The fourth-order valence-electron chi connectivity index (χ4n) is 1.54. The second-order valence-corrected chi connectivity index (χ2v) is 4.14. The van der Waals surface area contributed by atoms with E-state index in [1.54, 1.807) is 6.07 Å². The monoisotopic (exact) mass is 277 g/mol. The van der Waals surface area contributed by atoms with Crippen molar-refractivity contribution in [3.05, 3.63) is 52.7 Å². The van der Waals surface area contributed by atoms with Crippen molar-refractivity contribution in [1.29, 1.82) is 0 Å². The summed E-state index contributed by atoms with van der Waals surface area (Å²) in [5, 5.41) is 17.9. The van der Waals surface area contributed by atoms with Gasteiger partial charge in [-0.05, 0) is 24.3 Å². The largest absolute Gasteiger partial charge is 0.478 e. The predicted molar refractivity (Wildman–Crippen MR) is 68.6 cm³/mol. The van der Waals surface area contributed by atoms with Crippen molar-refractivity contribution in [2.24, 2.45) is 0 Å². The summed E-state index contributed by atoms with van der Waals surface area (Å²) in [6.07, 6.45) is 1.21. The lowest BCUT2D eigenvalue weighted by Crippen LogP contribution is -1.99. The normalized spacial score (nSPS) is 10.2. The maximum atomic E-state index is 11.0. The molecule has 0 fully saturated rings. The first-order valence-corrected chi connectivity index (χ1v) is 5.59. The van der Waals surface area contributed by atoms with Crippen molar-refractivity contribution in [2.45, 2.75) is 0 Å². The zero-order chi connectivity index (χ0) is 14.0. The van der Waals surface area contributed by atoms with E-state index < -0.39 is 11.9 Å². The number of hydrogen-bond donors (Lipinski definition) is 2. The topological polar surface area (TPSA) is 87.5 Å². The molecule has 0 amide bonds. The van der Waals surface area contributed by atoms with Gasteiger partial charge in [-0.3, -0.25) is 4.98 Å². The Morgan fingerprint density at radius 2 is 1.79 bits per heavy atom. The van der Waals surface area contributed by atoms with Gasteiger partial charge in [0.2, 0.25) is 0 Å². The van der Waals surface area contributed by atoms with Crippen LogP contribution in [0.5, 0.6) is 0 Å². The maximum absolute atomic E-state index is 11.0. The lowest BCUT2D eigenvalue weighted by Gasteiger charge is -2.04. The van der Waals surface area contributed by atoms with E-state index in [0.717, 1.165) is 0 Å². The zero-order valence-electron chi connectivity index (χ0n) is 9.50. The first kappa shape index (κ1) is 13.0. The minimum atomic E-state index is -1.13. The van der Waals surface area contributed by atoms with Gasteiger partial charge in [-0.2, -0.15) is 0 Å². The number of halogens is 1. The number of carboxylic acid groups (broad SMARTS) is 2. The number of carboxylic acids is 2. The standard InChI is InChI=1S/C13H8ClNO4/c14-10-3-1-7(5-9(10)13(18)19)11-4-2-8(6-15-11)12(16)17/h1-6H,(H,16,17)(H,18,19). The lowest BCUT2D eigenvalue weighted by atomic mass is 10.1. The van der Waals surface area contributed by atoms with E-state index in [1.807, 2.05) is 0 Å². The molecule has 0 aliphatic heterocycles. The summed E-state index contributed by atoms with van der Waals surface area (Å²) in [5.41, 5.74) is 1.07. The number of rotatable bonds is 3. The molecule has 96 valence electrons. The Morgan fingerprint density at radius 3 is 2.32 bits per heavy atom. The molecule has 0 radical (unpaired) electrons. The molecule has 1 aromatic carbocycles. The van der Waals surface area contributed by atoms with Crippen molar-refractivity contribution in [3.63, 3.8) is 0 Å². The number of benzene rings is 1. The molecule has 1 aromatic heterocycles. The van der Waals surface area contributed by atoms with Crippen LogP contribution in [0.25, 0.3) is 11.3 Å². The Morgan fingerprint density at radius 1 is 1.05 bits per heavy atom. The first-order chi connectivity index (χ1) is 8.99. The van der Waals surface area contributed by atoms with E-state index in [-0.39, 0.29) is 16.1 Å². The minimum Gasteiger partial charge on any atom is -0.478 e. The van der Waals surface area contributed by atoms with Crippen molar-refractivity contribution in [1.82, 2.24) is 4.98 Å².